The number of fused-ring (bicyclic) bond motifs is 5. The van der Waals surface area contributed by atoms with Crippen LogP contribution in [0, 0.1) is 11.3 Å². The van der Waals surface area contributed by atoms with E-state index in [0.717, 1.165) is 4.90 Å². The summed E-state index contributed by atoms with van der Waals surface area (Å²) in [6.45, 7) is 1.65. The number of rotatable bonds is 14. The average molecular weight is 729 g/mol. The molecule has 0 unspecified atom stereocenters. The van der Waals surface area contributed by atoms with Gasteiger partial charge in [-0.2, -0.15) is 5.26 Å². The quantitative estimate of drug-likeness (QED) is 0.0763. The van der Waals surface area contributed by atoms with Crippen molar-refractivity contribution in [1.29, 1.82) is 5.26 Å². The second-order valence-electron chi connectivity index (χ2n) is 11.5. The van der Waals surface area contributed by atoms with Crippen molar-refractivity contribution in [3.63, 3.8) is 0 Å². The van der Waals surface area contributed by atoms with Gasteiger partial charge in [0, 0.05) is 44.1 Å². The number of nitriles is 1. The fraction of sp³-hybridized carbons (Fsp3) is 0.424. The smallest absolute Gasteiger partial charge is 0.314 e. The molecule has 18 heteroatoms. The number of carboxylic acid groups (broad SMARTS) is 1. The monoisotopic (exact) mass is 728 g/mol. The Hall–Kier alpha value is -5.44. The number of halogens is 1. The Balaban J connectivity index is 2.30. The van der Waals surface area contributed by atoms with Gasteiger partial charge in [0.2, 0.25) is 23.6 Å². The van der Waals surface area contributed by atoms with Gasteiger partial charge in [-0.1, -0.05) is 12.1 Å². The molecule has 1 aliphatic heterocycles. The molecule has 0 saturated carbocycles. The zero-order chi connectivity index (χ0) is 37.7. The Morgan fingerprint density at radius 1 is 1.04 bits per heavy atom. The fourth-order valence-electron chi connectivity index (χ4n) is 5.37. The first kappa shape index (κ1) is 40.0. The van der Waals surface area contributed by atoms with Crippen LogP contribution in [0.25, 0.3) is 11.1 Å². The summed E-state index contributed by atoms with van der Waals surface area (Å²) in [7, 11) is 1.28. The molecule has 0 radical (unpaired) electrons. The lowest BCUT2D eigenvalue weighted by Gasteiger charge is -2.32. The van der Waals surface area contributed by atoms with Gasteiger partial charge in [0.15, 0.2) is 0 Å². The molecule has 3 rings (SSSR count). The molecule has 9 N–H and O–H groups in total. The number of nitrogens with two attached hydrogens (primary N) is 2. The van der Waals surface area contributed by atoms with Crippen LogP contribution < -0.4 is 42.2 Å². The maximum atomic E-state index is 14.1. The van der Waals surface area contributed by atoms with E-state index >= 15 is 0 Å². The van der Waals surface area contributed by atoms with Crippen molar-refractivity contribution in [3.05, 3.63) is 47.5 Å². The van der Waals surface area contributed by atoms with E-state index < -0.39 is 65.6 Å². The number of nitrogens with one attached hydrogen (secondary N) is 4. The molecule has 4 bridgehead atoms. The molecule has 1 heterocycles. The molecule has 0 saturated heterocycles. The molecule has 0 spiro atoms. The molecule has 2 aromatic rings. The highest BCUT2D eigenvalue weighted by Gasteiger charge is 2.36. The first-order valence-electron chi connectivity index (χ1n) is 15.9. The van der Waals surface area contributed by atoms with Crippen LogP contribution in [0.15, 0.2) is 36.4 Å². The van der Waals surface area contributed by atoms with Crippen molar-refractivity contribution >= 4 is 46.6 Å². The summed E-state index contributed by atoms with van der Waals surface area (Å²) in [5.41, 5.74) is 13.1. The fourth-order valence-corrected chi connectivity index (χ4v) is 5.50. The minimum atomic E-state index is -1.47. The Kier molecular flexibility index (Phi) is 15.0. The van der Waals surface area contributed by atoms with E-state index in [-0.39, 0.29) is 51.3 Å². The summed E-state index contributed by atoms with van der Waals surface area (Å²) in [6, 6.07) is 6.28. The van der Waals surface area contributed by atoms with Crippen LogP contribution >= 0.6 is 11.6 Å². The lowest BCUT2D eigenvalue weighted by atomic mass is 9.93. The Morgan fingerprint density at radius 3 is 2.25 bits per heavy atom. The van der Waals surface area contributed by atoms with Gasteiger partial charge in [-0.3, -0.25) is 28.8 Å². The number of carbonyl (C=O) groups excluding carboxylic acids is 5. The summed E-state index contributed by atoms with van der Waals surface area (Å²) in [5, 5.41) is 27.0. The van der Waals surface area contributed by atoms with Gasteiger partial charge in [0.1, 0.15) is 55.4 Å². The summed E-state index contributed by atoms with van der Waals surface area (Å²) >= 11 is 5.52. The highest BCUT2D eigenvalue weighted by atomic mass is 35.5. The number of carboxylic acids is 1. The molecular formula is C33H41ClN8O9. The molecule has 274 valence electrons. The standard InChI is InChI=1S/C33H41ClN8O9/c1-18-29(45)40-24(30(46)38-12-9-35)16-19-3-6-25(50-13-10-36)21(15-19)22-17-20(4-7-26(22)51-14-11-37)28(31(47)39-18)42(2)32(48)23(41-33(34)49)5-8-27(43)44/h3-4,6-7,15,17-18,23-24,28H,5,8,10-14,16,36-37H2,1-2H3,(H,38,46)(H,39,47)(H,40,45)(H,41,49)(H,43,44)/t18-,23-,24-,28-/m0/s1. The molecule has 0 aliphatic carbocycles. The molecule has 51 heavy (non-hydrogen) atoms. The Labute approximate surface area is 298 Å². The first-order chi connectivity index (χ1) is 24.3. The third kappa shape index (κ3) is 11.0. The van der Waals surface area contributed by atoms with Crippen molar-refractivity contribution in [1.82, 2.24) is 26.2 Å². The van der Waals surface area contributed by atoms with E-state index in [1.807, 2.05) is 6.07 Å². The number of ether oxygens (including phenoxy) is 2. The van der Waals surface area contributed by atoms with Crippen molar-refractivity contribution in [2.24, 2.45) is 11.5 Å². The minimum absolute atomic E-state index is 0.0175. The molecule has 0 fully saturated rings. The van der Waals surface area contributed by atoms with Crippen molar-refractivity contribution in [2.45, 2.75) is 50.4 Å². The summed E-state index contributed by atoms with van der Waals surface area (Å²) in [5.74, 6) is -3.62. The molecule has 0 aromatic heterocycles. The van der Waals surface area contributed by atoms with Crippen LogP contribution in [-0.4, -0.2) is 103 Å². The van der Waals surface area contributed by atoms with Gasteiger partial charge in [-0.05, 0) is 60.3 Å². The zero-order valence-corrected chi connectivity index (χ0v) is 28.8. The molecule has 1 aliphatic rings. The van der Waals surface area contributed by atoms with Crippen LogP contribution in [0.5, 0.6) is 11.5 Å². The normalized spacial score (nSPS) is 17.7. The minimum Gasteiger partial charge on any atom is -0.492 e. The van der Waals surface area contributed by atoms with E-state index in [2.05, 4.69) is 21.3 Å². The Morgan fingerprint density at radius 2 is 1.67 bits per heavy atom. The summed E-state index contributed by atoms with van der Waals surface area (Å²) in [6.07, 6.45) is -0.862. The summed E-state index contributed by atoms with van der Waals surface area (Å²) in [4.78, 5) is 78.6. The van der Waals surface area contributed by atoms with E-state index in [1.54, 1.807) is 30.3 Å². The van der Waals surface area contributed by atoms with E-state index in [9.17, 15) is 33.9 Å². The van der Waals surface area contributed by atoms with Gasteiger partial charge in [0.25, 0.3) is 0 Å². The Bertz CT molecular complexity index is 1670. The second kappa shape index (κ2) is 19.1. The number of benzene rings is 2. The second-order valence-corrected chi connectivity index (χ2v) is 11.8. The van der Waals surface area contributed by atoms with Crippen LogP contribution in [-0.2, 0) is 30.4 Å². The molecular weight excluding hydrogens is 688 g/mol. The number of amides is 5. The lowest BCUT2D eigenvalue weighted by Crippen LogP contribution is -2.55. The topological polar surface area (TPSA) is 268 Å². The van der Waals surface area contributed by atoms with Crippen LogP contribution in [0.2, 0.25) is 0 Å². The van der Waals surface area contributed by atoms with Crippen molar-refractivity contribution in [2.75, 3.05) is 39.9 Å². The van der Waals surface area contributed by atoms with Crippen molar-refractivity contribution < 1.29 is 43.3 Å². The van der Waals surface area contributed by atoms with Gasteiger partial charge in [0.05, 0.1) is 6.07 Å². The summed E-state index contributed by atoms with van der Waals surface area (Å²) < 4.78 is 11.9. The molecule has 2 aromatic carbocycles. The maximum absolute atomic E-state index is 14.1. The SMILES string of the molecule is C[C@@H]1NC(=O)[C@@H](N(C)C(=O)[C@H](CCC(=O)O)NC(=O)Cl)c2ccc(OCCN)c(c2)-c2cc(ccc2OCCN)C[C@@H](C(=O)NCC#N)NC1=O. The highest BCUT2D eigenvalue weighted by molar-refractivity contribution is 6.63. The number of nitrogens with zero attached hydrogens (tertiary/aromatic N) is 2. The number of likely N-dealkylation sites (N-methyl/N-ethyl adjacent to an activating group) is 1. The maximum Gasteiger partial charge on any atom is 0.314 e. The molecule has 17 nitrogen and oxygen atoms in total. The van der Waals surface area contributed by atoms with Crippen LogP contribution in [0.3, 0.4) is 0 Å². The van der Waals surface area contributed by atoms with E-state index in [0.29, 0.717) is 28.2 Å². The number of hydrogen-bond acceptors (Lipinski definition) is 11. The van der Waals surface area contributed by atoms with Gasteiger partial charge in [-0.25, -0.2) is 0 Å². The van der Waals surface area contributed by atoms with Crippen molar-refractivity contribution in [3.8, 4) is 28.7 Å². The first-order valence-corrected chi connectivity index (χ1v) is 16.3. The third-order valence-electron chi connectivity index (χ3n) is 7.79. The zero-order valence-electron chi connectivity index (χ0n) is 28.1. The predicted molar refractivity (Wildman–Crippen MR) is 183 cm³/mol. The van der Waals surface area contributed by atoms with Gasteiger partial charge < -0.3 is 52.2 Å². The number of carbonyl (C=O) groups is 6. The largest absolute Gasteiger partial charge is 0.492 e. The third-order valence-corrected chi connectivity index (χ3v) is 7.90. The highest BCUT2D eigenvalue weighted by Crippen LogP contribution is 2.40. The molecule has 4 atom stereocenters. The van der Waals surface area contributed by atoms with E-state index in [4.69, 9.17) is 37.8 Å². The van der Waals surface area contributed by atoms with Gasteiger partial charge >= 0.3 is 11.3 Å². The number of aliphatic carboxylic acids is 1. The lowest BCUT2D eigenvalue weighted by molar-refractivity contribution is -0.142. The van der Waals surface area contributed by atoms with Gasteiger partial charge in [-0.15, -0.1) is 0 Å². The average Bonchev–Trinajstić information content (AvgIpc) is 3.09. The van der Waals surface area contributed by atoms with Crippen LogP contribution in [0.4, 0.5) is 4.79 Å². The number of hydrogen-bond donors (Lipinski definition) is 7. The van der Waals surface area contributed by atoms with Crippen LogP contribution in [0.1, 0.15) is 36.9 Å². The van der Waals surface area contributed by atoms with E-state index in [1.165, 1.54) is 20.0 Å². The predicted octanol–water partition coefficient (Wildman–Crippen LogP) is -0.105. The molecule has 5 amide bonds.